The minimum Gasteiger partial charge on any atom is -0.325 e. The average molecular weight is 593 g/mol. The molecule has 0 atom stereocenters. The van der Waals surface area contributed by atoms with Gasteiger partial charge in [0.2, 0.25) is 5.91 Å². The number of hydrogen-bond donors (Lipinski definition) is 1. The summed E-state index contributed by atoms with van der Waals surface area (Å²) in [7, 11) is 1.75. The fourth-order valence-corrected chi connectivity index (χ4v) is 9.17. The molecule has 1 aliphatic carbocycles. The van der Waals surface area contributed by atoms with Crippen LogP contribution in [0.1, 0.15) is 40.0 Å². The minimum absolute atomic E-state index is 0.0100. The van der Waals surface area contributed by atoms with E-state index in [0.29, 0.717) is 5.16 Å². The van der Waals surface area contributed by atoms with E-state index in [2.05, 4.69) is 37.4 Å². The lowest BCUT2D eigenvalue weighted by Crippen LogP contribution is -2.21. The second-order valence-electron chi connectivity index (χ2n) is 9.87. The first kappa shape index (κ1) is 26.6. The van der Waals surface area contributed by atoms with Crippen LogP contribution in [0.25, 0.3) is 20.4 Å². The third kappa shape index (κ3) is 5.52. The second kappa shape index (κ2) is 11.1. The van der Waals surface area contributed by atoms with Crippen LogP contribution in [0.15, 0.2) is 50.7 Å². The molecule has 1 N–H and O–H groups in total. The van der Waals surface area contributed by atoms with E-state index < -0.39 is 0 Å². The zero-order valence-corrected chi connectivity index (χ0v) is 25.3. The van der Waals surface area contributed by atoms with Crippen molar-refractivity contribution in [3.63, 3.8) is 0 Å². The summed E-state index contributed by atoms with van der Waals surface area (Å²) in [4.78, 5) is 37.5. The summed E-state index contributed by atoms with van der Waals surface area (Å²) in [5, 5.41) is 4.34. The van der Waals surface area contributed by atoms with E-state index in [4.69, 9.17) is 9.97 Å². The number of fused-ring (bicyclic) bond motifs is 4. The molecule has 3 heterocycles. The van der Waals surface area contributed by atoms with E-state index in [1.54, 1.807) is 46.1 Å². The molecular weight excluding hydrogens is 565 g/mol. The van der Waals surface area contributed by atoms with Gasteiger partial charge in [0.25, 0.3) is 5.56 Å². The minimum atomic E-state index is -0.131. The summed E-state index contributed by atoms with van der Waals surface area (Å²) < 4.78 is 3.64. The van der Waals surface area contributed by atoms with Crippen molar-refractivity contribution in [1.82, 2.24) is 14.5 Å². The van der Waals surface area contributed by atoms with Crippen molar-refractivity contribution in [2.45, 2.75) is 54.8 Å². The largest absolute Gasteiger partial charge is 0.325 e. The van der Waals surface area contributed by atoms with E-state index in [9.17, 15) is 9.59 Å². The molecule has 1 amide bonds. The fraction of sp³-hybridized carbons (Fsp3) is 0.310. The van der Waals surface area contributed by atoms with E-state index in [-0.39, 0.29) is 17.2 Å². The number of rotatable bonds is 7. The highest BCUT2D eigenvalue weighted by Crippen LogP contribution is 2.35. The Labute approximate surface area is 243 Å². The van der Waals surface area contributed by atoms with Gasteiger partial charge in [-0.1, -0.05) is 47.3 Å². The first-order valence-electron chi connectivity index (χ1n) is 12.9. The summed E-state index contributed by atoms with van der Waals surface area (Å²) in [6, 6.07) is 12.4. The maximum atomic E-state index is 13.1. The van der Waals surface area contributed by atoms with Gasteiger partial charge >= 0.3 is 0 Å². The number of nitrogens with one attached hydrogen (secondary N) is 1. The number of carbonyl (C=O) groups excluding carboxylic acids is 1. The quantitative estimate of drug-likeness (QED) is 0.160. The number of nitrogens with zero attached hydrogens (tertiary/aromatic N) is 3. The van der Waals surface area contributed by atoms with Gasteiger partial charge in [0, 0.05) is 23.4 Å². The Bertz CT molecular complexity index is 1790. The topological polar surface area (TPSA) is 76.9 Å². The highest BCUT2D eigenvalue weighted by atomic mass is 32.2. The average Bonchev–Trinajstić information content (AvgIpc) is 3.50. The standard InChI is InChI=1S/C29H28N4O2S4/c1-16-8-9-18(17(2)12-16)14-37-29-31-21-11-10-19(13-23(21)39-29)30-24(34)15-36-28-32-26-25(27(35)33(28)3)20-6-4-5-7-22(20)38-26/h8-13H,4-7,14-15H2,1-3H3,(H,30,34). The maximum absolute atomic E-state index is 13.1. The molecule has 0 spiro atoms. The zero-order valence-electron chi connectivity index (χ0n) is 22.0. The molecule has 5 aromatic rings. The Hall–Kier alpha value is -2.66. The number of carbonyl (C=O) groups is 1. The van der Waals surface area contributed by atoms with Gasteiger partial charge in [-0.3, -0.25) is 14.2 Å². The van der Waals surface area contributed by atoms with Crippen LogP contribution in [-0.2, 0) is 30.4 Å². The van der Waals surface area contributed by atoms with Crippen LogP contribution in [0.5, 0.6) is 0 Å². The lowest BCUT2D eigenvalue weighted by atomic mass is 9.97. The molecule has 0 aliphatic heterocycles. The number of thiazole rings is 1. The first-order chi connectivity index (χ1) is 18.9. The van der Waals surface area contributed by atoms with Crippen LogP contribution in [0.4, 0.5) is 5.69 Å². The molecule has 0 saturated carbocycles. The summed E-state index contributed by atoms with van der Waals surface area (Å²) in [5.74, 6) is 0.922. The number of hydrogen-bond acceptors (Lipinski definition) is 8. The molecule has 3 aromatic heterocycles. The van der Waals surface area contributed by atoms with Crippen molar-refractivity contribution in [1.29, 1.82) is 0 Å². The van der Waals surface area contributed by atoms with Gasteiger partial charge in [0.05, 0.1) is 21.4 Å². The Balaban J connectivity index is 1.11. The van der Waals surface area contributed by atoms with E-state index in [1.165, 1.54) is 45.3 Å². The Morgan fingerprint density at radius 3 is 2.74 bits per heavy atom. The molecule has 6 nitrogen and oxygen atoms in total. The number of amides is 1. The van der Waals surface area contributed by atoms with Crippen LogP contribution in [0.2, 0.25) is 0 Å². The lowest BCUT2D eigenvalue weighted by molar-refractivity contribution is -0.113. The van der Waals surface area contributed by atoms with Crippen molar-refractivity contribution in [3.05, 3.63) is 73.9 Å². The molecule has 0 radical (unpaired) electrons. The normalized spacial score (nSPS) is 13.2. The van der Waals surface area contributed by atoms with Gasteiger partial charge < -0.3 is 5.32 Å². The molecule has 0 saturated heterocycles. The van der Waals surface area contributed by atoms with E-state index in [1.807, 2.05) is 18.2 Å². The highest BCUT2D eigenvalue weighted by molar-refractivity contribution is 8.00. The van der Waals surface area contributed by atoms with Crippen LogP contribution in [0.3, 0.4) is 0 Å². The highest BCUT2D eigenvalue weighted by Gasteiger charge is 2.21. The van der Waals surface area contributed by atoms with Crippen LogP contribution < -0.4 is 10.9 Å². The van der Waals surface area contributed by atoms with E-state index >= 15 is 0 Å². The van der Waals surface area contributed by atoms with Gasteiger partial charge in [-0.15, -0.1) is 22.7 Å². The molecule has 10 heteroatoms. The van der Waals surface area contributed by atoms with Crippen molar-refractivity contribution < 1.29 is 4.79 Å². The number of thiophene rings is 1. The van der Waals surface area contributed by atoms with Crippen molar-refractivity contribution in [3.8, 4) is 0 Å². The summed E-state index contributed by atoms with van der Waals surface area (Å²) in [6.07, 6.45) is 4.28. The van der Waals surface area contributed by atoms with Gasteiger partial charge in [0.15, 0.2) is 9.50 Å². The second-order valence-corrected chi connectivity index (χ2v) is 14.1. The lowest BCUT2D eigenvalue weighted by Gasteiger charge is -2.11. The van der Waals surface area contributed by atoms with Gasteiger partial charge in [-0.25, -0.2) is 9.97 Å². The Morgan fingerprint density at radius 1 is 1.05 bits per heavy atom. The smallest absolute Gasteiger partial charge is 0.262 e. The number of aromatic nitrogens is 3. The van der Waals surface area contributed by atoms with Crippen LogP contribution in [-0.4, -0.2) is 26.2 Å². The Morgan fingerprint density at radius 2 is 1.90 bits per heavy atom. The van der Waals surface area contributed by atoms with Gasteiger partial charge in [0.1, 0.15) is 4.83 Å². The van der Waals surface area contributed by atoms with Crippen molar-refractivity contribution in [2.24, 2.45) is 7.05 Å². The van der Waals surface area contributed by atoms with Crippen molar-refractivity contribution in [2.75, 3.05) is 11.1 Å². The van der Waals surface area contributed by atoms with Crippen molar-refractivity contribution >= 4 is 78.2 Å². The molecule has 0 fully saturated rings. The number of aryl methyl sites for hydroxylation is 4. The zero-order chi connectivity index (χ0) is 27.1. The molecular formula is C29H28N4O2S4. The first-order valence-corrected chi connectivity index (χ1v) is 16.5. The molecule has 200 valence electrons. The monoisotopic (exact) mass is 592 g/mol. The summed E-state index contributed by atoms with van der Waals surface area (Å²) >= 11 is 6.31. The molecule has 0 bridgehead atoms. The van der Waals surface area contributed by atoms with Gasteiger partial charge in [-0.05, 0) is 74.4 Å². The van der Waals surface area contributed by atoms with Gasteiger partial charge in [-0.2, -0.15) is 0 Å². The molecule has 2 aromatic carbocycles. The summed E-state index contributed by atoms with van der Waals surface area (Å²) in [5.41, 5.74) is 6.75. The molecule has 0 unspecified atom stereocenters. The Kier molecular flexibility index (Phi) is 7.54. The third-order valence-corrected chi connectivity index (χ3v) is 11.4. The summed E-state index contributed by atoms with van der Waals surface area (Å²) in [6.45, 7) is 4.26. The number of anilines is 1. The third-order valence-electron chi connectivity index (χ3n) is 6.99. The maximum Gasteiger partial charge on any atom is 0.262 e. The predicted molar refractivity (Wildman–Crippen MR) is 166 cm³/mol. The number of benzene rings is 2. The fourth-order valence-electron chi connectivity index (χ4n) is 4.91. The molecule has 1 aliphatic rings. The molecule has 39 heavy (non-hydrogen) atoms. The SMILES string of the molecule is Cc1ccc(CSc2nc3ccc(NC(=O)CSc4nc5sc6c(c5c(=O)n4C)CCCC6)cc3s2)c(C)c1. The molecule has 6 rings (SSSR count). The van der Waals surface area contributed by atoms with Crippen LogP contribution >= 0.6 is 46.2 Å². The number of thioether (sulfide) groups is 2. The van der Waals surface area contributed by atoms with E-state index in [0.717, 1.165) is 55.5 Å². The van der Waals surface area contributed by atoms with Crippen LogP contribution in [0, 0.1) is 13.8 Å². The predicted octanol–water partition coefficient (Wildman–Crippen LogP) is 7.12.